The molecule has 1 aromatic rings. The number of sulfonamides is 1. The van der Waals surface area contributed by atoms with Gasteiger partial charge in [-0.2, -0.15) is 4.31 Å². The molecule has 0 atom stereocenters. The molecule has 1 aromatic carbocycles. The monoisotopic (exact) mass is 352 g/mol. The molecule has 0 unspecified atom stereocenters. The first kappa shape index (κ1) is 16.4. The van der Waals surface area contributed by atoms with Crippen LogP contribution < -0.4 is 0 Å². The Morgan fingerprint density at radius 1 is 1.14 bits per heavy atom. The lowest BCUT2D eigenvalue weighted by Gasteiger charge is -2.33. The first-order valence-electron chi connectivity index (χ1n) is 6.14. The average Bonchev–Trinajstić information content (AvgIpc) is 2.49. The summed E-state index contributed by atoms with van der Waals surface area (Å²) in [5, 5.41) is 0.483. The van der Waals surface area contributed by atoms with Crippen LogP contribution >= 0.6 is 23.2 Å². The van der Waals surface area contributed by atoms with E-state index < -0.39 is 16.1 Å². The van der Waals surface area contributed by atoms with Crippen LogP contribution in [0.2, 0.25) is 10.0 Å². The smallest absolute Gasteiger partial charge is 0.409 e. The third-order valence-corrected chi connectivity index (χ3v) is 5.83. The molecule has 1 amide bonds. The van der Waals surface area contributed by atoms with Crippen LogP contribution in [0.3, 0.4) is 0 Å². The second kappa shape index (κ2) is 6.39. The number of halogens is 2. The topological polar surface area (TPSA) is 66.9 Å². The van der Waals surface area contributed by atoms with Crippen LogP contribution in [-0.2, 0) is 14.8 Å². The third kappa shape index (κ3) is 3.42. The first-order valence-corrected chi connectivity index (χ1v) is 8.34. The van der Waals surface area contributed by atoms with Crippen molar-refractivity contribution in [1.82, 2.24) is 9.21 Å². The molecule has 116 valence electrons. The highest BCUT2D eigenvalue weighted by molar-refractivity contribution is 7.89. The largest absolute Gasteiger partial charge is 0.453 e. The van der Waals surface area contributed by atoms with Gasteiger partial charge in [0, 0.05) is 26.2 Å². The maximum absolute atomic E-state index is 12.5. The SMILES string of the molecule is COC(=O)N1CCN(S(=O)(=O)c2ccc(Cl)c(Cl)c2)CC1. The molecule has 1 heterocycles. The van der Waals surface area contributed by atoms with E-state index in [2.05, 4.69) is 4.74 Å². The predicted molar refractivity (Wildman–Crippen MR) is 79.2 cm³/mol. The zero-order valence-corrected chi connectivity index (χ0v) is 13.6. The number of methoxy groups -OCH3 is 1. The van der Waals surface area contributed by atoms with Crippen LogP contribution in [0.25, 0.3) is 0 Å². The van der Waals surface area contributed by atoms with E-state index in [4.69, 9.17) is 23.2 Å². The molecule has 9 heteroatoms. The summed E-state index contributed by atoms with van der Waals surface area (Å²) < 4.78 is 30.9. The van der Waals surface area contributed by atoms with Gasteiger partial charge in [0.25, 0.3) is 0 Å². The third-order valence-electron chi connectivity index (χ3n) is 3.20. The molecule has 0 aliphatic carbocycles. The maximum atomic E-state index is 12.5. The molecule has 1 aliphatic rings. The van der Waals surface area contributed by atoms with E-state index in [1.165, 1.54) is 34.5 Å². The molecule has 1 fully saturated rings. The predicted octanol–water partition coefficient (Wildman–Crippen LogP) is 2.07. The number of rotatable bonds is 2. The number of amides is 1. The Hall–Kier alpha value is -1.02. The highest BCUT2D eigenvalue weighted by atomic mass is 35.5. The summed E-state index contributed by atoms with van der Waals surface area (Å²) in [6.07, 6.45) is -0.457. The standard InChI is InChI=1S/C12H14Cl2N2O4S/c1-20-12(17)15-4-6-16(7-5-15)21(18,19)9-2-3-10(13)11(14)8-9/h2-3,8H,4-7H2,1H3. The van der Waals surface area contributed by atoms with Crippen molar-refractivity contribution in [2.24, 2.45) is 0 Å². The zero-order chi connectivity index (χ0) is 15.6. The quantitative estimate of drug-likeness (QED) is 0.816. The van der Waals surface area contributed by atoms with E-state index in [0.717, 1.165) is 0 Å². The van der Waals surface area contributed by atoms with Gasteiger partial charge in [-0.05, 0) is 18.2 Å². The Morgan fingerprint density at radius 3 is 2.29 bits per heavy atom. The van der Waals surface area contributed by atoms with Gasteiger partial charge in [0.15, 0.2) is 0 Å². The molecule has 0 aromatic heterocycles. The number of ether oxygens (including phenoxy) is 1. The molecular formula is C12H14Cl2N2O4S. The highest BCUT2D eigenvalue weighted by Crippen LogP contribution is 2.27. The first-order chi connectivity index (χ1) is 9.86. The minimum Gasteiger partial charge on any atom is -0.453 e. The fraction of sp³-hybridized carbons (Fsp3) is 0.417. The molecule has 2 rings (SSSR count). The molecule has 6 nitrogen and oxygen atoms in total. The van der Waals surface area contributed by atoms with Crippen LogP contribution in [0.5, 0.6) is 0 Å². The van der Waals surface area contributed by atoms with Crippen molar-refractivity contribution in [1.29, 1.82) is 0 Å². The number of hydrogen-bond donors (Lipinski definition) is 0. The van der Waals surface area contributed by atoms with E-state index in [1.807, 2.05) is 0 Å². The Morgan fingerprint density at radius 2 is 1.76 bits per heavy atom. The number of carbonyl (C=O) groups excluding carboxylic acids is 1. The molecule has 0 saturated carbocycles. The molecule has 0 bridgehead atoms. The Labute approximate surface area is 133 Å². The van der Waals surface area contributed by atoms with Crippen LogP contribution in [0, 0.1) is 0 Å². The van der Waals surface area contributed by atoms with E-state index >= 15 is 0 Å². The molecule has 0 spiro atoms. The van der Waals surface area contributed by atoms with E-state index in [0.29, 0.717) is 5.02 Å². The van der Waals surface area contributed by atoms with Crippen LogP contribution in [0.4, 0.5) is 4.79 Å². The molecule has 21 heavy (non-hydrogen) atoms. The summed E-state index contributed by atoms with van der Waals surface area (Å²) in [6.45, 7) is 0.982. The minimum atomic E-state index is -3.65. The number of piperazine rings is 1. The summed E-state index contributed by atoms with van der Waals surface area (Å²) >= 11 is 11.6. The maximum Gasteiger partial charge on any atom is 0.409 e. The van der Waals surface area contributed by atoms with E-state index in [9.17, 15) is 13.2 Å². The summed E-state index contributed by atoms with van der Waals surface area (Å²) in [7, 11) is -2.35. The molecule has 0 radical (unpaired) electrons. The van der Waals surface area contributed by atoms with Crippen molar-refractivity contribution in [2.45, 2.75) is 4.90 Å². The number of nitrogens with zero attached hydrogens (tertiary/aromatic N) is 2. The zero-order valence-electron chi connectivity index (χ0n) is 11.3. The second-order valence-electron chi connectivity index (χ2n) is 4.44. The second-order valence-corrected chi connectivity index (χ2v) is 7.19. The summed E-state index contributed by atoms with van der Waals surface area (Å²) in [6, 6.07) is 4.18. The lowest BCUT2D eigenvalue weighted by atomic mass is 10.4. The summed E-state index contributed by atoms with van der Waals surface area (Å²) in [5.41, 5.74) is 0. The lowest BCUT2D eigenvalue weighted by Crippen LogP contribution is -2.50. The van der Waals surface area contributed by atoms with Crippen molar-refractivity contribution in [3.63, 3.8) is 0 Å². The molecule has 1 aliphatic heterocycles. The van der Waals surface area contributed by atoms with Crippen LogP contribution in [-0.4, -0.2) is 57.0 Å². The fourth-order valence-corrected chi connectivity index (χ4v) is 3.84. The van der Waals surface area contributed by atoms with Gasteiger partial charge in [0.2, 0.25) is 10.0 Å². The molecule has 0 N–H and O–H groups in total. The minimum absolute atomic E-state index is 0.0865. The van der Waals surface area contributed by atoms with Gasteiger partial charge in [0.1, 0.15) is 0 Å². The van der Waals surface area contributed by atoms with E-state index in [-0.39, 0.29) is 36.1 Å². The summed E-state index contributed by atoms with van der Waals surface area (Å²) in [4.78, 5) is 12.9. The van der Waals surface area contributed by atoms with Gasteiger partial charge < -0.3 is 9.64 Å². The van der Waals surface area contributed by atoms with Crippen molar-refractivity contribution in [2.75, 3.05) is 33.3 Å². The van der Waals surface area contributed by atoms with Crippen LogP contribution in [0.1, 0.15) is 0 Å². The van der Waals surface area contributed by atoms with Gasteiger partial charge >= 0.3 is 6.09 Å². The Kier molecular flexibility index (Phi) is 4.98. The number of benzene rings is 1. The Balaban J connectivity index is 2.14. The summed E-state index contributed by atoms with van der Waals surface area (Å²) in [5.74, 6) is 0. The van der Waals surface area contributed by atoms with Gasteiger partial charge in [-0.1, -0.05) is 23.2 Å². The molecular weight excluding hydrogens is 339 g/mol. The van der Waals surface area contributed by atoms with Gasteiger partial charge in [-0.3, -0.25) is 0 Å². The highest BCUT2D eigenvalue weighted by Gasteiger charge is 2.30. The lowest BCUT2D eigenvalue weighted by molar-refractivity contribution is 0.108. The van der Waals surface area contributed by atoms with Crippen LogP contribution in [0.15, 0.2) is 23.1 Å². The molecule has 1 saturated heterocycles. The van der Waals surface area contributed by atoms with Gasteiger partial charge in [-0.25, -0.2) is 13.2 Å². The van der Waals surface area contributed by atoms with Crippen molar-refractivity contribution in [3.05, 3.63) is 28.2 Å². The van der Waals surface area contributed by atoms with Crippen molar-refractivity contribution < 1.29 is 17.9 Å². The van der Waals surface area contributed by atoms with Gasteiger partial charge in [-0.15, -0.1) is 0 Å². The normalized spacial score (nSPS) is 16.8. The fourth-order valence-electron chi connectivity index (χ4n) is 2.03. The number of carbonyl (C=O) groups is 1. The van der Waals surface area contributed by atoms with Crippen molar-refractivity contribution in [3.8, 4) is 0 Å². The Bertz CT molecular complexity index is 643. The number of hydrogen-bond acceptors (Lipinski definition) is 4. The van der Waals surface area contributed by atoms with Crippen molar-refractivity contribution >= 4 is 39.3 Å². The average molecular weight is 353 g/mol. The van der Waals surface area contributed by atoms with E-state index in [1.54, 1.807) is 0 Å². The van der Waals surface area contributed by atoms with Gasteiger partial charge in [0.05, 0.1) is 22.1 Å².